The van der Waals surface area contributed by atoms with Crippen LogP contribution in [-0.2, 0) is 12.4 Å². The van der Waals surface area contributed by atoms with Gasteiger partial charge >= 0.3 is 0 Å². The minimum Gasteiger partial charge on any atom is -0.321 e. The van der Waals surface area contributed by atoms with Crippen LogP contribution in [0.15, 0.2) is 29.2 Å². The molecule has 1 aromatic carbocycles. The fraction of sp³-hybridized carbons (Fsp3) is 0.167. The highest BCUT2D eigenvalue weighted by molar-refractivity contribution is 9.08. The molecule has 0 spiro atoms. The number of alkyl halides is 1. The third kappa shape index (κ3) is 1.58. The number of nitrogens with zero attached hydrogens (tertiary/aromatic N) is 2. The number of fused-ring (bicyclic) bond motifs is 3. The molecule has 0 aliphatic rings. The van der Waals surface area contributed by atoms with E-state index >= 15 is 0 Å². The van der Waals surface area contributed by atoms with Gasteiger partial charge in [0.25, 0.3) is 5.56 Å². The summed E-state index contributed by atoms with van der Waals surface area (Å²) < 4.78 is 1.66. The molecule has 5 heteroatoms. The normalized spacial score (nSPS) is 11.4. The molecule has 3 rings (SSSR count). The van der Waals surface area contributed by atoms with Gasteiger partial charge in [-0.25, -0.2) is 0 Å². The zero-order chi connectivity index (χ0) is 12.0. The minimum absolute atomic E-state index is 0.0904. The van der Waals surface area contributed by atoms with Gasteiger partial charge in [0, 0.05) is 24.0 Å². The van der Waals surface area contributed by atoms with E-state index in [0.717, 1.165) is 27.3 Å². The molecule has 0 aliphatic heterocycles. The zero-order valence-corrected chi connectivity index (χ0v) is 10.8. The largest absolute Gasteiger partial charge is 0.321 e. The fourth-order valence-corrected chi connectivity index (χ4v) is 2.38. The Balaban J connectivity index is 2.52. The van der Waals surface area contributed by atoms with Gasteiger partial charge in [0.15, 0.2) is 0 Å². The van der Waals surface area contributed by atoms with Crippen molar-refractivity contribution in [3.8, 4) is 0 Å². The van der Waals surface area contributed by atoms with Crippen molar-refractivity contribution in [2.24, 2.45) is 7.05 Å². The van der Waals surface area contributed by atoms with Crippen LogP contribution in [0, 0.1) is 0 Å². The number of hydrogen-bond acceptors (Lipinski definition) is 2. The predicted octanol–water partition coefficient (Wildman–Crippen LogP) is 2.31. The molecule has 0 aliphatic carbocycles. The van der Waals surface area contributed by atoms with Crippen molar-refractivity contribution in [2.75, 3.05) is 0 Å². The van der Waals surface area contributed by atoms with Crippen molar-refractivity contribution < 1.29 is 0 Å². The Hall–Kier alpha value is -1.62. The van der Waals surface area contributed by atoms with Gasteiger partial charge in [0.2, 0.25) is 0 Å². The summed E-state index contributed by atoms with van der Waals surface area (Å²) in [6, 6.07) is 6.00. The van der Waals surface area contributed by atoms with Gasteiger partial charge in [-0.2, -0.15) is 5.10 Å². The maximum absolute atomic E-state index is 11.9. The smallest absolute Gasteiger partial charge is 0.259 e. The first-order chi connectivity index (χ1) is 8.19. The van der Waals surface area contributed by atoms with E-state index in [9.17, 15) is 4.79 Å². The fourth-order valence-electron chi connectivity index (χ4n) is 2.03. The van der Waals surface area contributed by atoms with Gasteiger partial charge in [-0.15, -0.1) is 0 Å². The van der Waals surface area contributed by atoms with Crippen molar-refractivity contribution >= 4 is 37.7 Å². The van der Waals surface area contributed by atoms with Crippen LogP contribution >= 0.6 is 15.9 Å². The molecule has 0 saturated heterocycles. The molecule has 17 heavy (non-hydrogen) atoms. The van der Waals surface area contributed by atoms with Crippen molar-refractivity contribution in [1.29, 1.82) is 0 Å². The summed E-state index contributed by atoms with van der Waals surface area (Å²) in [4.78, 5) is 14.8. The van der Waals surface area contributed by atoms with Crippen molar-refractivity contribution in [2.45, 2.75) is 5.33 Å². The lowest BCUT2D eigenvalue weighted by Gasteiger charge is -2.01. The lowest BCUT2D eigenvalue weighted by molar-refractivity contribution is 0.780. The SMILES string of the molecule is Cn1cc2c(=O)[nH]c3cc(CBr)ccc3c2n1. The molecular weight excluding hydrogens is 282 g/mol. The molecule has 3 aromatic rings. The highest BCUT2D eigenvalue weighted by Crippen LogP contribution is 2.21. The second-order valence-corrected chi connectivity index (χ2v) is 4.59. The number of aromatic amines is 1. The number of rotatable bonds is 1. The highest BCUT2D eigenvalue weighted by atomic mass is 79.9. The first-order valence-electron chi connectivity index (χ1n) is 5.23. The van der Waals surface area contributed by atoms with Crippen LogP contribution < -0.4 is 5.56 Å². The topological polar surface area (TPSA) is 50.7 Å². The number of nitrogens with one attached hydrogen (secondary N) is 1. The van der Waals surface area contributed by atoms with E-state index in [0.29, 0.717) is 5.39 Å². The quantitative estimate of drug-likeness (QED) is 0.700. The number of halogens is 1. The van der Waals surface area contributed by atoms with Crippen molar-refractivity contribution in [3.05, 3.63) is 40.3 Å². The van der Waals surface area contributed by atoms with E-state index in [1.54, 1.807) is 10.9 Å². The molecule has 2 heterocycles. The number of aryl methyl sites for hydroxylation is 1. The summed E-state index contributed by atoms with van der Waals surface area (Å²) >= 11 is 3.40. The molecule has 0 atom stereocenters. The Morgan fingerprint density at radius 3 is 3.00 bits per heavy atom. The summed E-state index contributed by atoms with van der Waals surface area (Å²) in [5.74, 6) is 0. The van der Waals surface area contributed by atoms with Gasteiger partial charge in [-0.1, -0.05) is 28.1 Å². The van der Waals surface area contributed by atoms with Crippen LogP contribution in [-0.4, -0.2) is 14.8 Å². The summed E-state index contributed by atoms with van der Waals surface area (Å²) in [6.07, 6.45) is 1.74. The number of H-pyrrole nitrogens is 1. The maximum Gasteiger partial charge on any atom is 0.259 e. The molecule has 0 bridgehead atoms. The van der Waals surface area contributed by atoms with Gasteiger partial charge in [0.1, 0.15) is 5.52 Å². The molecule has 0 unspecified atom stereocenters. The number of pyridine rings is 1. The first kappa shape index (κ1) is 10.5. The Morgan fingerprint density at radius 1 is 1.41 bits per heavy atom. The molecule has 0 saturated carbocycles. The third-order valence-electron chi connectivity index (χ3n) is 2.82. The van der Waals surface area contributed by atoms with Gasteiger partial charge in [0.05, 0.1) is 10.9 Å². The van der Waals surface area contributed by atoms with Crippen LogP contribution in [0.25, 0.3) is 21.8 Å². The number of benzene rings is 1. The van der Waals surface area contributed by atoms with E-state index in [2.05, 4.69) is 26.0 Å². The molecule has 2 aromatic heterocycles. The van der Waals surface area contributed by atoms with E-state index in [4.69, 9.17) is 0 Å². The second kappa shape index (κ2) is 3.70. The van der Waals surface area contributed by atoms with Crippen LogP contribution in [0.5, 0.6) is 0 Å². The lowest BCUT2D eigenvalue weighted by Crippen LogP contribution is -2.05. The van der Waals surface area contributed by atoms with Gasteiger partial charge < -0.3 is 4.98 Å². The van der Waals surface area contributed by atoms with Crippen LogP contribution in [0.2, 0.25) is 0 Å². The van der Waals surface area contributed by atoms with Crippen molar-refractivity contribution in [1.82, 2.24) is 14.8 Å². The molecule has 1 N–H and O–H groups in total. The average molecular weight is 292 g/mol. The first-order valence-corrected chi connectivity index (χ1v) is 6.35. The molecule has 0 radical (unpaired) electrons. The minimum atomic E-state index is -0.0904. The Kier molecular flexibility index (Phi) is 2.29. The van der Waals surface area contributed by atoms with Crippen molar-refractivity contribution in [3.63, 3.8) is 0 Å². The van der Waals surface area contributed by atoms with Crippen LogP contribution in [0.4, 0.5) is 0 Å². The standard InChI is InChI=1S/C12H10BrN3O/c1-16-6-9-11(15-16)8-3-2-7(5-13)4-10(8)14-12(9)17/h2-4,6H,5H2,1H3,(H,14,17). The zero-order valence-electron chi connectivity index (χ0n) is 9.20. The Labute approximate surface area is 105 Å². The Morgan fingerprint density at radius 2 is 2.24 bits per heavy atom. The highest BCUT2D eigenvalue weighted by Gasteiger charge is 2.08. The second-order valence-electron chi connectivity index (χ2n) is 4.03. The monoisotopic (exact) mass is 291 g/mol. The molecule has 0 amide bonds. The summed E-state index contributed by atoms with van der Waals surface area (Å²) in [7, 11) is 1.82. The maximum atomic E-state index is 11.9. The number of aromatic nitrogens is 3. The van der Waals surface area contributed by atoms with E-state index in [1.807, 2.05) is 25.2 Å². The number of hydrogen-bond donors (Lipinski definition) is 1. The molecule has 86 valence electrons. The Bertz CT molecular complexity index is 772. The average Bonchev–Trinajstić information content (AvgIpc) is 2.71. The van der Waals surface area contributed by atoms with E-state index < -0.39 is 0 Å². The van der Waals surface area contributed by atoms with E-state index in [-0.39, 0.29) is 5.56 Å². The predicted molar refractivity (Wildman–Crippen MR) is 71.5 cm³/mol. The van der Waals surface area contributed by atoms with Gasteiger partial charge in [-0.3, -0.25) is 9.48 Å². The lowest BCUT2D eigenvalue weighted by atomic mass is 10.1. The third-order valence-corrected chi connectivity index (χ3v) is 3.46. The van der Waals surface area contributed by atoms with Crippen LogP contribution in [0.1, 0.15) is 5.56 Å². The molecule has 0 fully saturated rings. The molecule has 4 nitrogen and oxygen atoms in total. The van der Waals surface area contributed by atoms with Crippen LogP contribution in [0.3, 0.4) is 0 Å². The summed E-state index contributed by atoms with van der Waals surface area (Å²) in [6.45, 7) is 0. The summed E-state index contributed by atoms with van der Waals surface area (Å²) in [5.41, 5.74) is 2.63. The van der Waals surface area contributed by atoms with E-state index in [1.165, 1.54) is 0 Å². The summed E-state index contributed by atoms with van der Waals surface area (Å²) in [5, 5.41) is 6.72. The molecular formula is C12H10BrN3O. The van der Waals surface area contributed by atoms with Gasteiger partial charge in [-0.05, 0) is 11.6 Å².